The van der Waals surface area contributed by atoms with E-state index >= 15 is 0 Å². The minimum absolute atomic E-state index is 0.822. The van der Waals surface area contributed by atoms with E-state index in [-0.39, 0.29) is 0 Å². The Hall–Kier alpha value is -5.64. The molecule has 3 heteroatoms. The number of hydrogen-bond acceptors (Lipinski definition) is 2. The van der Waals surface area contributed by atoms with Crippen molar-refractivity contribution in [3.8, 4) is 22.3 Å². The van der Waals surface area contributed by atoms with Crippen LogP contribution in [0.15, 0.2) is 199 Å². The standard InChI is InChI=1S/C22H17N.C16H11Br.C6H7N/c1-2-8-21(9-3-1)23-22-14-12-18(13-15-22)20-11-10-17-6-4-5-7-19(17)16-20;17-16-9-7-13(8-10-16)15-6-5-12-3-1-2-4-14(12)11-15;7-6-4-2-1-3-5-6/h1-16,23H;1-11H;1-5H,7H2. The first-order valence-corrected chi connectivity index (χ1v) is 16.4. The van der Waals surface area contributed by atoms with Gasteiger partial charge in [0.1, 0.15) is 0 Å². The molecule has 0 amide bonds. The van der Waals surface area contributed by atoms with Gasteiger partial charge in [0, 0.05) is 21.5 Å². The number of fused-ring (bicyclic) bond motifs is 2. The first kappa shape index (κ1) is 31.3. The summed E-state index contributed by atoms with van der Waals surface area (Å²) in [6.45, 7) is 0. The molecule has 0 aromatic heterocycles. The molecule has 8 rings (SSSR count). The predicted molar refractivity (Wildman–Crippen MR) is 207 cm³/mol. The summed E-state index contributed by atoms with van der Waals surface area (Å²) < 4.78 is 1.11. The van der Waals surface area contributed by atoms with Crippen molar-refractivity contribution in [2.24, 2.45) is 0 Å². The summed E-state index contributed by atoms with van der Waals surface area (Å²) in [5.74, 6) is 0. The van der Waals surface area contributed by atoms with Gasteiger partial charge in [0.25, 0.3) is 0 Å². The monoisotopic (exact) mass is 670 g/mol. The van der Waals surface area contributed by atoms with Gasteiger partial charge in [-0.05, 0) is 104 Å². The number of benzene rings is 8. The number of hydrogen-bond donors (Lipinski definition) is 2. The molecule has 47 heavy (non-hydrogen) atoms. The van der Waals surface area contributed by atoms with Crippen LogP contribution in [0.3, 0.4) is 0 Å². The van der Waals surface area contributed by atoms with Crippen molar-refractivity contribution in [3.63, 3.8) is 0 Å². The Labute approximate surface area is 285 Å². The third-order valence-electron chi connectivity index (χ3n) is 7.76. The first-order valence-electron chi connectivity index (χ1n) is 15.6. The maximum absolute atomic E-state index is 5.36. The van der Waals surface area contributed by atoms with Gasteiger partial charge in [-0.1, -0.05) is 149 Å². The Morgan fingerprint density at radius 2 is 0.723 bits per heavy atom. The highest BCUT2D eigenvalue weighted by atomic mass is 79.9. The van der Waals surface area contributed by atoms with E-state index in [2.05, 4.69) is 167 Å². The van der Waals surface area contributed by atoms with E-state index in [1.165, 1.54) is 43.8 Å². The number of para-hydroxylation sites is 2. The zero-order chi connectivity index (χ0) is 32.3. The second-order valence-electron chi connectivity index (χ2n) is 11.1. The highest BCUT2D eigenvalue weighted by molar-refractivity contribution is 9.10. The summed E-state index contributed by atoms with van der Waals surface area (Å²) in [6, 6.07) is 66.8. The fraction of sp³-hybridized carbons (Fsp3) is 0. The van der Waals surface area contributed by atoms with Gasteiger partial charge in [-0.15, -0.1) is 0 Å². The lowest BCUT2D eigenvalue weighted by Gasteiger charge is -2.08. The Bertz CT molecular complexity index is 2160. The van der Waals surface area contributed by atoms with Crippen molar-refractivity contribution in [1.82, 2.24) is 0 Å². The average molecular weight is 672 g/mol. The summed E-state index contributed by atoms with van der Waals surface area (Å²) in [5.41, 5.74) is 13.4. The second kappa shape index (κ2) is 15.6. The Morgan fingerprint density at radius 1 is 0.340 bits per heavy atom. The maximum atomic E-state index is 5.36. The van der Waals surface area contributed by atoms with Crippen LogP contribution in [0.5, 0.6) is 0 Å². The second-order valence-corrected chi connectivity index (χ2v) is 12.0. The molecule has 3 N–H and O–H groups in total. The molecule has 0 bridgehead atoms. The fourth-order valence-corrected chi connectivity index (χ4v) is 5.53. The number of nitrogens with one attached hydrogen (secondary N) is 1. The van der Waals surface area contributed by atoms with Crippen molar-refractivity contribution >= 4 is 54.5 Å². The summed E-state index contributed by atoms with van der Waals surface area (Å²) in [7, 11) is 0. The Morgan fingerprint density at radius 3 is 1.19 bits per heavy atom. The summed E-state index contributed by atoms with van der Waals surface area (Å²) >= 11 is 3.46. The minimum Gasteiger partial charge on any atom is -0.399 e. The van der Waals surface area contributed by atoms with Gasteiger partial charge in [0.2, 0.25) is 0 Å². The molecule has 0 aliphatic heterocycles. The fourth-order valence-electron chi connectivity index (χ4n) is 5.27. The van der Waals surface area contributed by atoms with E-state index in [0.29, 0.717) is 0 Å². The normalized spacial score (nSPS) is 10.3. The largest absolute Gasteiger partial charge is 0.399 e. The zero-order valence-electron chi connectivity index (χ0n) is 25.9. The topological polar surface area (TPSA) is 38.0 Å². The molecule has 0 saturated heterocycles. The molecule has 0 heterocycles. The van der Waals surface area contributed by atoms with Crippen LogP contribution in [0.2, 0.25) is 0 Å². The number of anilines is 3. The Balaban J connectivity index is 0.000000141. The van der Waals surface area contributed by atoms with Gasteiger partial charge in [-0.25, -0.2) is 0 Å². The molecule has 0 unspecified atom stereocenters. The molecule has 228 valence electrons. The lowest BCUT2D eigenvalue weighted by Crippen LogP contribution is -1.89. The number of rotatable bonds is 4. The average Bonchev–Trinajstić information content (AvgIpc) is 3.13. The van der Waals surface area contributed by atoms with Gasteiger partial charge in [0.15, 0.2) is 0 Å². The van der Waals surface area contributed by atoms with Gasteiger partial charge >= 0.3 is 0 Å². The predicted octanol–water partition coefficient (Wildman–Crippen LogP) is 12.8. The molecule has 0 fully saturated rings. The van der Waals surface area contributed by atoms with Crippen molar-refractivity contribution in [2.75, 3.05) is 11.1 Å². The van der Waals surface area contributed by atoms with E-state index in [1.54, 1.807) is 0 Å². The molecule has 0 atom stereocenters. The highest BCUT2D eigenvalue weighted by Gasteiger charge is 2.01. The number of nitrogen functional groups attached to an aromatic ring is 1. The van der Waals surface area contributed by atoms with Gasteiger partial charge in [-0.2, -0.15) is 0 Å². The molecular formula is C44H35BrN2. The van der Waals surface area contributed by atoms with Crippen molar-refractivity contribution < 1.29 is 0 Å². The number of nitrogens with two attached hydrogens (primary N) is 1. The van der Waals surface area contributed by atoms with Crippen LogP contribution < -0.4 is 11.1 Å². The third kappa shape index (κ3) is 8.76. The molecule has 8 aromatic carbocycles. The highest BCUT2D eigenvalue weighted by Crippen LogP contribution is 2.27. The third-order valence-corrected chi connectivity index (χ3v) is 8.29. The lowest BCUT2D eigenvalue weighted by molar-refractivity contribution is 1.54. The van der Waals surface area contributed by atoms with Gasteiger partial charge in [0.05, 0.1) is 0 Å². The molecule has 0 saturated carbocycles. The van der Waals surface area contributed by atoms with Crippen molar-refractivity contribution in [3.05, 3.63) is 199 Å². The lowest BCUT2D eigenvalue weighted by atomic mass is 10.0. The molecule has 0 aliphatic carbocycles. The van der Waals surface area contributed by atoms with E-state index in [4.69, 9.17) is 5.73 Å². The quantitative estimate of drug-likeness (QED) is 0.183. The molecule has 0 aliphatic rings. The van der Waals surface area contributed by atoms with E-state index in [0.717, 1.165) is 21.5 Å². The number of halogens is 1. The van der Waals surface area contributed by atoms with Crippen LogP contribution in [-0.4, -0.2) is 0 Å². The van der Waals surface area contributed by atoms with Crippen LogP contribution in [0.25, 0.3) is 43.8 Å². The van der Waals surface area contributed by atoms with Crippen LogP contribution in [0.4, 0.5) is 17.1 Å². The van der Waals surface area contributed by atoms with E-state index < -0.39 is 0 Å². The van der Waals surface area contributed by atoms with E-state index in [9.17, 15) is 0 Å². The smallest absolute Gasteiger partial charge is 0.0384 e. The van der Waals surface area contributed by atoms with Crippen LogP contribution in [0.1, 0.15) is 0 Å². The molecule has 8 aromatic rings. The molecular weight excluding hydrogens is 636 g/mol. The SMILES string of the molecule is Brc1ccc(-c2ccc3ccccc3c2)cc1.Nc1ccccc1.c1ccc(Nc2ccc(-c3ccc4ccccc4c3)cc2)cc1. The molecule has 0 spiro atoms. The minimum atomic E-state index is 0.822. The summed E-state index contributed by atoms with van der Waals surface area (Å²) in [4.78, 5) is 0. The van der Waals surface area contributed by atoms with Crippen LogP contribution >= 0.6 is 15.9 Å². The van der Waals surface area contributed by atoms with Gasteiger partial charge in [-0.3, -0.25) is 0 Å². The molecule has 2 nitrogen and oxygen atoms in total. The Kier molecular flexibility index (Phi) is 10.4. The molecule has 0 radical (unpaired) electrons. The summed E-state index contributed by atoms with van der Waals surface area (Å²) in [6.07, 6.45) is 0. The van der Waals surface area contributed by atoms with Crippen LogP contribution in [0, 0.1) is 0 Å². The van der Waals surface area contributed by atoms with Crippen molar-refractivity contribution in [2.45, 2.75) is 0 Å². The van der Waals surface area contributed by atoms with Gasteiger partial charge < -0.3 is 11.1 Å². The summed E-state index contributed by atoms with van der Waals surface area (Å²) in [5, 5.41) is 8.53. The van der Waals surface area contributed by atoms with E-state index in [1.807, 2.05) is 48.5 Å². The first-order chi connectivity index (χ1) is 23.1. The maximum Gasteiger partial charge on any atom is 0.0384 e. The van der Waals surface area contributed by atoms with Crippen molar-refractivity contribution in [1.29, 1.82) is 0 Å². The zero-order valence-corrected chi connectivity index (χ0v) is 27.5. The van der Waals surface area contributed by atoms with Crippen LogP contribution in [-0.2, 0) is 0 Å².